The van der Waals surface area contributed by atoms with Gasteiger partial charge < -0.3 is 5.11 Å². The molecule has 7 aromatic carbocycles. The highest BCUT2D eigenvalue weighted by Crippen LogP contribution is 2.46. The van der Waals surface area contributed by atoms with Crippen molar-refractivity contribution in [1.29, 1.82) is 0 Å². The SMILES string of the molecule is [2H]c1c([2H])c([2H])c(-c2cc(C(C)(C)C)ccc2-n2c(-c3cc(C(C)(C)C)cc(C(C)(C)C)c3O)nc3c(-c4cc(-c5cc(-c6ccc(-c7ccccc7C([2H])([2H])[2H])cc6)ccn5)cc(C(C)(C)C)c4)cccc32)c([2H])c1[2H]. The number of fused-ring (bicyclic) bond motifs is 1. The van der Waals surface area contributed by atoms with Crippen LogP contribution >= 0.6 is 0 Å². The maximum absolute atomic E-state index is 12.7. The van der Waals surface area contributed by atoms with E-state index in [1.165, 1.54) is 0 Å². The topological polar surface area (TPSA) is 50.9 Å². The van der Waals surface area contributed by atoms with Gasteiger partial charge in [-0.2, -0.15) is 0 Å². The maximum atomic E-state index is 12.7. The molecule has 69 heavy (non-hydrogen) atoms. The fourth-order valence-corrected chi connectivity index (χ4v) is 9.06. The minimum Gasteiger partial charge on any atom is -0.507 e. The molecule has 0 amide bonds. The number of aromatic hydroxyl groups is 1. The molecule has 2 heterocycles. The number of para-hydroxylation sites is 1. The van der Waals surface area contributed by atoms with Crippen LogP contribution in [0.5, 0.6) is 5.75 Å². The summed E-state index contributed by atoms with van der Waals surface area (Å²) in [7, 11) is 0. The molecule has 0 aliphatic rings. The van der Waals surface area contributed by atoms with Gasteiger partial charge in [0.2, 0.25) is 0 Å². The molecule has 2 aromatic heterocycles. The van der Waals surface area contributed by atoms with E-state index in [4.69, 9.17) is 18.2 Å². The molecule has 0 fully saturated rings. The molecule has 0 radical (unpaired) electrons. The first-order chi connectivity index (χ1) is 35.8. The molecule has 9 rings (SSSR count). The van der Waals surface area contributed by atoms with Gasteiger partial charge in [-0.25, -0.2) is 4.98 Å². The fraction of sp³-hybridized carbons (Fsp3) is 0.262. The Kier molecular flexibility index (Phi) is 9.60. The van der Waals surface area contributed by atoms with Crippen LogP contribution in [0.2, 0.25) is 0 Å². The molecule has 0 atom stereocenters. The summed E-state index contributed by atoms with van der Waals surface area (Å²) in [5.41, 5.74) is 12.1. The number of hydrogen-bond donors (Lipinski definition) is 1. The van der Waals surface area contributed by atoms with E-state index in [1.54, 1.807) is 12.1 Å². The summed E-state index contributed by atoms with van der Waals surface area (Å²) in [5, 5.41) is 12.7. The Balaban J connectivity index is 1.31. The predicted octanol–water partition coefficient (Wildman–Crippen LogP) is 17.6. The lowest BCUT2D eigenvalue weighted by molar-refractivity contribution is 0.446. The number of benzene rings is 7. The van der Waals surface area contributed by atoms with Gasteiger partial charge >= 0.3 is 0 Å². The predicted molar refractivity (Wildman–Crippen MR) is 293 cm³/mol. The molecule has 0 saturated carbocycles. The second-order valence-electron chi connectivity index (χ2n) is 22.4. The molecule has 9 aromatic rings. The Bertz CT molecular complexity index is 3760. The molecule has 0 aliphatic heterocycles. The highest BCUT2D eigenvalue weighted by molar-refractivity contribution is 5.98. The molecule has 0 unspecified atom stereocenters. The van der Waals surface area contributed by atoms with Crippen LogP contribution in [-0.2, 0) is 21.7 Å². The average Bonchev–Trinajstić information content (AvgIpc) is 3.83. The molecule has 4 heteroatoms. The fourth-order valence-electron chi connectivity index (χ4n) is 9.06. The summed E-state index contributed by atoms with van der Waals surface area (Å²) in [4.78, 5) is 10.5. The Morgan fingerprint density at radius 1 is 0.493 bits per heavy atom. The second kappa shape index (κ2) is 17.5. The molecular weight excluding hydrogens is 839 g/mol. The van der Waals surface area contributed by atoms with Crippen LogP contribution in [0.1, 0.15) is 122 Å². The van der Waals surface area contributed by atoms with Gasteiger partial charge in [-0.1, -0.05) is 192 Å². The van der Waals surface area contributed by atoms with Gasteiger partial charge in [0, 0.05) is 32.6 Å². The standard InChI is InChI=1S/C65H67N3O/c1-41-20-17-18-23-51(41)44-28-26-42(27-29-44)45-32-33-66-56(37-45)47-34-46(35-49(36-47)63(5,6)7)52-24-19-25-58-59(52)67-61(54-39-50(64(8,9)10)40-55(60(54)69)65(11,12)13)68(58)57-31-30-48(62(2,3)4)38-53(57)43-21-15-14-16-22-43/h14-40,69H,1-13H3/i1D3,14D,15D,16D,21D,22D. The van der Waals surface area contributed by atoms with E-state index in [2.05, 4.69) is 119 Å². The van der Waals surface area contributed by atoms with Gasteiger partial charge in [0.1, 0.15) is 11.6 Å². The molecule has 0 saturated heterocycles. The third-order valence-electron chi connectivity index (χ3n) is 13.2. The van der Waals surface area contributed by atoms with Gasteiger partial charge in [0.05, 0.1) is 34.8 Å². The van der Waals surface area contributed by atoms with Crippen molar-refractivity contribution < 1.29 is 16.1 Å². The molecule has 0 bridgehead atoms. The number of phenols is 1. The Labute approximate surface area is 422 Å². The minimum absolute atomic E-state index is 0.0659. The van der Waals surface area contributed by atoms with Crippen molar-refractivity contribution in [3.63, 3.8) is 0 Å². The molecule has 0 aliphatic carbocycles. The Morgan fingerprint density at radius 3 is 1.81 bits per heavy atom. The second-order valence-corrected chi connectivity index (χ2v) is 22.4. The molecule has 1 N–H and O–H groups in total. The number of imidazole rings is 1. The first-order valence-electron chi connectivity index (χ1n) is 27.8. The van der Waals surface area contributed by atoms with Crippen LogP contribution in [0.15, 0.2) is 164 Å². The number of nitrogens with zero attached hydrogens (tertiary/aromatic N) is 3. The summed E-state index contributed by atoms with van der Waals surface area (Å²) in [5.74, 6) is 0.505. The van der Waals surface area contributed by atoms with Crippen molar-refractivity contribution >= 4 is 11.0 Å². The maximum Gasteiger partial charge on any atom is 0.149 e. The summed E-state index contributed by atoms with van der Waals surface area (Å²) >= 11 is 0. The quantitative estimate of drug-likeness (QED) is 0.173. The number of aryl methyl sites for hydroxylation is 1. The van der Waals surface area contributed by atoms with Crippen molar-refractivity contribution in [3.05, 3.63) is 192 Å². The number of hydrogen-bond acceptors (Lipinski definition) is 3. The van der Waals surface area contributed by atoms with E-state index in [0.29, 0.717) is 44.8 Å². The van der Waals surface area contributed by atoms with Crippen molar-refractivity contribution in [2.75, 3.05) is 0 Å². The van der Waals surface area contributed by atoms with Gasteiger partial charge in [0.25, 0.3) is 0 Å². The highest BCUT2D eigenvalue weighted by Gasteiger charge is 2.30. The zero-order valence-electron chi connectivity index (χ0n) is 50.0. The first kappa shape index (κ1) is 37.9. The molecule has 4 nitrogen and oxygen atoms in total. The van der Waals surface area contributed by atoms with Gasteiger partial charge in [-0.15, -0.1) is 0 Å². The third kappa shape index (κ3) is 9.30. The van der Waals surface area contributed by atoms with Crippen LogP contribution in [-0.4, -0.2) is 19.6 Å². The summed E-state index contributed by atoms with van der Waals surface area (Å²) < 4.78 is 71.1. The van der Waals surface area contributed by atoms with Crippen LogP contribution in [0, 0.1) is 6.85 Å². The van der Waals surface area contributed by atoms with Gasteiger partial charge in [0.15, 0.2) is 0 Å². The Morgan fingerprint density at radius 2 is 1.13 bits per heavy atom. The lowest BCUT2D eigenvalue weighted by Crippen LogP contribution is -2.17. The van der Waals surface area contributed by atoms with Gasteiger partial charge in [-0.05, 0) is 133 Å². The van der Waals surface area contributed by atoms with E-state index in [-0.39, 0.29) is 39.6 Å². The molecule has 0 spiro atoms. The van der Waals surface area contributed by atoms with Gasteiger partial charge in [-0.3, -0.25) is 9.55 Å². The zero-order valence-corrected chi connectivity index (χ0v) is 42.0. The Hall–Kier alpha value is -7.04. The molecule has 348 valence electrons. The summed E-state index contributed by atoms with van der Waals surface area (Å²) in [6.45, 7) is 23.2. The highest BCUT2D eigenvalue weighted by atomic mass is 16.3. The minimum atomic E-state index is -2.25. The largest absolute Gasteiger partial charge is 0.507 e. The number of rotatable bonds is 7. The average molecular weight is 914 g/mol. The monoisotopic (exact) mass is 914 g/mol. The zero-order chi connectivity index (χ0) is 56.1. The van der Waals surface area contributed by atoms with E-state index < -0.39 is 30.4 Å². The third-order valence-corrected chi connectivity index (χ3v) is 13.2. The van der Waals surface area contributed by atoms with Crippen LogP contribution in [0.3, 0.4) is 0 Å². The number of aromatic nitrogens is 3. The number of pyridine rings is 1. The van der Waals surface area contributed by atoms with Crippen LogP contribution < -0.4 is 0 Å². The smallest absolute Gasteiger partial charge is 0.149 e. The van der Waals surface area contributed by atoms with E-state index in [0.717, 1.165) is 61.3 Å². The lowest BCUT2D eigenvalue weighted by Gasteiger charge is -2.28. The van der Waals surface area contributed by atoms with Crippen LogP contribution in [0.25, 0.3) is 83.9 Å². The van der Waals surface area contributed by atoms with E-state index in [1.807, 2.05) is 89.6 Å². The van der Waals surface area contributed by atoms with Crippen LogP contribution in [0.4, 0.5) is 0 Å². The van der Waals surface area contributed by atoms with Crippen molar-refractivity contribution in [3.8, 4) is 78.6 Å². The lowest BCUT2D eigenvalue weighted by atomic mass is 9.79. The van der Waals surface area contributed by atoms with Crippen molar-refractivity contribution in [2.24, 2.45) is 0 Å². The summed E-state index contributed by atoms with van der Waals surface area (Å²) in [6, 6.07) is 39.6. The number of phenolic OH excluding ortho intramolecular Hbond substituents is 1. The van der Waals surface area contributed by atoms with Crippen molar-refractivity contribution in [2.45, 2.75) is 112 Å². The summed E-state index contributed by atoms with van der Waals surface area (Å²) in [6.07, 6.45) is 1.81. The normalized spacial score (nSPS) is 14.3. The first-order valence-corrected chi connectivity index (χ1v) is 23.8. The van der Waals surface area contributed by atoms with Crippen molar-refractivity contribution in [1.82, 2.24) is 14.5 Å². The van der Waals surface area contributed by atoms with E-state index >= 15 is 0 Å². The molecular formula is C65H67N3O. The van der Waals surface area contributed by atoms with E-state index in [9.17, 15) is 7.85 Å².